The van der Waals surface area contributed by atoms with Crippen LogP contribution in [0.15, 0.2) is 6.20 Å². The van der Waals surface area contributed by atoms with Crippen LogP contribution in [0.2, 0.25) is 0 Å². The van der Waals surface area contributed by atoms with E-state index in [4.69, 9.17) is 0 Å². The first-order chi connectivity index (χ1) is 11.8. The van der Waals surface area contributed by atoms with Crippen molar-refractivity contribution < 1.29 is 14.7 Å². The molecule has 1 saturated carbocycles. The molecule has 1 aliphatic carbocycles. The highest BCUT2D eigenvalue weighted by molar-refractivity contribution is 5.96. The molecular weight excluding hydrogens is 318 g/mol. The molecule has 1 amide bonds. The van der Waals surface area contributed by atoms with Crippen LogP contribution in [0.4, 0.5) is 0 Å². The van der Waals surface area contributed by atoms with Crippen molar-refractivity contribution in [2.24, 2.45) is 11.3 Å². The number of hydrogen-bond acceptors (Lipinski definition) is 3. The fourth-order valence-electron chi connectivity index (χ4n) is 3.89. The summed E-state index contributed by atoms with van der Waals surface area (Å²) in [6, 6.07) is 0.268. The number of amides is 1. The maximum Gasteiger partial charge on any atom is 0.311 e. The molecule has 25 heavy (non-hydrogen) atoms. The minimum atomic E-state index is -0.831. The van der Waals surface area contributed by atoms with Crippen molar-refractivity contribution in [2.45, 2.75) is 65.3 Å². The van der Waals surface area contributed by atoms with Crippen LogP contribution < -0.4 is 0 Å². The summed E-state index contributed by atoms with van der Waals surface area (Å²) >= 11 is 0. The van der Waals surface area contributed by atoms with E-state index in [0.29, 0.717) is 24.4 Å². The highest BCUT2D eigenvalue weighted by atomic mass is 16.4. The number of nitrogens with zero attached hydrogens (tertiary/aromatic N) is 3. The summed E-state index contributed by atoms with van der Waals surface area (Å²) in [4.78, 5) is 26.7. The van der Waals surface area contributed by atoms with Gasteiger partial charge >= 0.3 is 5.97 Å². The van der Waals surface area contributed by atoms with Gasteiger partial charge < -0.3 is 10.0 Å². The van der Waals surface area contributed by atoms with Crippen LogP contribution in [-0.4, -0.2) is 44.8 Å². The smallest absolute Gasteiger partial charge is 0.311 e. The Morgan fingerprint density at radius 1 is 1.36 bits per heavy atom. The molecule has 3 rings (SSSR count). The number of carboxylic acids is 1. The summed E-state index contributed by atoms with van der Waals surface area (Å²) in [5.41, 5.74) is 0.895. The molecule has 0 aromatic carbocycles. The van der Waals surface area contributed by atoms with E-state index in [2.05, 4.69) is 18.9 Å². The first kappa shape index (κ1) is 18.0. The first-order valence-corrected chi connectivity index (χ1v) is 9.41. The SMILES string of the molecule is CCC(C)n1ncc(C(=O)N2CCC(C(=O)O)(C(C)C)C2)c1C1CC1. The molecule has 0 bridgehead atoms. The second kappa shape index (κ2) is 6.46. The van der Waals surface area contributed by atoms with E-state index in [-0.39, 0.29) is 24.4 Å². The summed E-state index contributed by atoms with van der Waals surface area (Å²) in [5, 5.41) is 14.2. The summed E-state index contributed by atoms with van der Waals surface area (Å²) in [6.07, 6.45) is 5.39. The minimum Gasteiger partial charge on any atom is -0.481 e. The van der Waals surface area contributed by atoms with Crippen LogP contribution in [0.3, 0.4) is 0 Å². The van der Waals surface area contributed by atoms with E-state index in [1.807, 2.05) is 18.5 Å². The maximum atomic E-state index is 13.1. The van der Waals surface area contributed by atoms with E-state index in [9.17, 15) is 14.7 Å². The minimum absolute atomic E-state index is 0.00598. The van der Waals surface area contributed by atoms with Gasteiger partial charge in [-0.15, -0.1) is 0 Å². The predicted molar refractivity (Wildman–Crippen MR) is 94.6 cm³/mol. The van der Waals surface area contributed by atoms with Crippen LogP contribution in [-0.2, 0) is 4.79 Å². The van der Waals surface area contributed by atoms with Crippen LogP contribution in [0.25, 0.3) is 0 Å². The molecule has 6 nitrogen and oxygen atoms in total. The topological polar surface area (TPSA) is 75.4 Å². The molecule has 1 N–H and O–H groups in total. The number of aromatic nitrogens is 2. The number of carbonyl (C=O) groups is 2. The summed E-state index contributed by atoms with van der Waals surface area (Å²) < 4.78 is 2.01. The van der Waals surface area contributed by atoms with Gasteiger partial charge in [-0.1, -0.05) is 20.8 Å². The lowest BCUT2D eigenvalue weighted by molar-refractivity contribution is -0.150. The fraction of sp³-hybridized carbons (Fsp3) is 0.737. The molecule has 6 heteroatoms. The maximum absolute atomic E-state index is 13.1. The second-order valence-electron chi connectivity index (χ2n) is 8.01. The van der Waals surface area contributed by atoms with Gasteiger partial charge in [0, 0.05) is 25.0 Å². The van der Waals surface area contributed by atoms with E-state index < -0.39 is 11.4 Å². The molecule has 2 atom stereocenters. The zero-order valence-corrected chi connectivity index (χ0v) is 15.7. The number of rotatable bonds is 6. The van der Waals surface area contributed by atoms with Crippen molar-refractivity contribution in [3.05, 3.63) is 17.5 Å². The molecule has 2 aliphatic rings. The third-order valence-corrected chi connectivity index (χ3v) is 6.16. The van der Waals surface area contributed by atoms with E-state index in [1.165, 1.54) is 0 Å². The molecule has 1 saturated heterocycles. The summed E-state index contributed by atoms with van der Waals surface area (Å²) in [5.74, 6) is -0.434. The standard InChI is InChI=1S/C19H29N3O3/c1-5-13(4)22-16(14-6-7-14)15(10-20-22)17(23)21-9-8-19(11-21,12(2)3)18(24)25/h10,12-14H,5-9,11H2,1-4H3,(H,24,25). The van der Waals surface area contributed by atoms with Gasteiger partial charge in [0.2, 0.25) is 0 Å². The van der Waals surface area contributed by atoms with E-state index in [0.717, 1.165) is 25.0 Å². The molecule has 0 radical (unpaired) electrons. The van der Waals surface area contributed by atoms with Gasteiger partial charge in [0.1, 0.15) is 0 Å². The van der Waals surface area contributed by atoms with Crippen molar-refractivity contribution in [1.82, 2.24) is 14.7 Å². The van der Waals surface area contributed by atoms with Gasteiger partial charge in [-0.2, -0.15) is 5.10 Å². The van der Waals surface area contributed by atoms with Crippen LogP contribution in [0, 0.1) is 11.3 Å². The Balaban J connectivity index is 1.87. The third-order valence-electron chi connectivity index (χ3n) is 6.16. The number of aliphatic carboxylic acids is 1. The van der Waals surface area contributed by atoms with E-state index in [1.54, 1.807) is 11.1 Å². The Labute approximate surface area is 149 Å². The fourth-order valence-corrected chi connectivity index (χ4v) is 3.89. The van der Waals surface area contributed by atoms with Gasteiger partial charge in [-0.05, 0) is 38.5 Å². The van der Waals surface area contributed by atoms with Crippen molar-refractivity contribution in [3.63, 3.8) is 0 Å². The molecule has 0 spiro atoms. The second-order valence-corrected chi connectivity index (χ2v) is 8.01. The van der Waals surface area contributed by atoms with Gasteiger partial charge in [-0.25, -0.2) is 0 Å². The Kier molecular flexibility index (Phi) is 4.64. The average molecular weight is 347 g/mol. The Morgan fingerprint density at radius 2 is 2.04 bits per heavy atom. The highest BCUT2D eigenvalue weighted by Gasteiger charge is 2.49. The lowest BCUT2D eigenvalue weighted by atomic mass is 9.76. The Hall–Kier alpha value is -1.85. The van der Waals surface area contributed by atoms with Crippen molar-refractivity contribution in [2.75, 3.05) is 13.1 Å². The number of likely N-dealkylation sites (tertiary alicyclic amines) is 1. The van der Waals surface area contributed by atoms with Gasteiger partial charge in [0.05, 0.1) is 22.9 Å². The lowest BCUT2D eigenvalue weighted by Gasteiger charge is -2.28. The van der Waals surface area contributed by atoms with E-state index >= 15 is 0 Å². The Morgan fingerprint density at radius 3 is 2.52 bits per heavy atom. The molecule has 138 valence electrons. The number of hydrogen-bond donors (Lipinski definition) is 1. The zero-order valence-electron chi connectivity index (χ0n) is 15.7. The third kappa shape index (κ3) is 2.96. The lowest BCUT2D eigenvalue weighted by Crippen LogP contribution is -2.40. The molecular formula is C19H29N3O3. The van der Waals surface area contributed by atoms with Crippen molar-refractivity contribution in [3.8, 4) is 0 Å². The quantitative estimate of drug-likeness (QED) is 0.856. The highest BCUT2D eigenvalue weighted by Crippen LogP contribution is 2.44. The predicted octanol–water partition coefficient (Wildman–Crippen LogP) is 3.30. The molecule has 1 aliphatic heterocycles. The summed E-state index contributed by atoms with van der Waals surface area (Å²) in [7, 11) is 0. The average Bonchev–Trinajstić information content (AvgIpc) is 3.14. The van der Waals surface area contributed by atoms with Gasteiger partial charge in [0.25, 0.3) is 5.91 Å². The largest absolute Gasteiger partial charge is 0.481 e. The number of carboxylic acid groups (broad SMARTS) is 1. The molecule has 2 heterocycles. The van der Waals surface area contributed by atoms with Crippen molar-refractivity contribution in [1.29, 1.82) is 0 Å². The van der Waals surface area contributed by atoms with Crippen LogP contribution in [0.1, 0.15) is 81.4 Å². The monoisotopic (exact) mass is 347 g/mol. The molecule has 1 aromatic rings. The first-order valence-electron chi connectivity index (χ1n) is 9.41. The Bertz CT molecular complexity index is 677. The van der Waals surface area contributed by atoms with Crippen molar-refractivity contribution >= 4 is 11.9 Å². The zero-order chi connectivity index (χ0) is 18.4. The normalized spacial score (nSPS) is 24.8. The molecule has 2 unspecified atom stereocenters. The van der Waals surface area contributed by atoms with Crippen LogP contribution in [0.5, 0.6) is 0 Å². The van der Waals surface area contributed by atoms with Gasteiger partial charge in [-0.3, -0.25) is 14.3 Å². The molecule has 2 fully saturated rings. The number of carbonyl (C=O) groups excluding carboxylic acids is 1. The summed E-state index contributed by atoms with van der Waals surface area (Å²) in [6.45, 7) is 8.89. The molecule has 1 aromatic heterocycles. The van der Waals surface area contributed by atoms with Crippen LogP contribution >= 0.6 is 0 Å². The van der Waals surface area contributed by atoms with Gasteiger partial charge in [0.15, 0.2) is 0 Å².